The first-order valence-corrected chi connectivity index (χ1v) is 7.17. The Kier molecular flexibility index (Phi) is 3.90. The molecule has 0 aromatic carbocycles. The van der Waals surface area contributed by atoms with Gasteiger partial charge in [0.1, 0.15) is 0 Å². The number of thiazole rings is 2. The van der Waals surface area contributed by atoms with Gasteiger partial charge in [-0.15, -0.1) is 22.7 Å². The van der Waals surface area contributed by atoms with Crippen molar-refractivity contribution in [1.29, 1.82) is 0 Å². The third-order valence-electron chi connectivity index (χ3n) is 2.14. The molecular formula is C11H15N3S2. The van der Waals surface area contributed by atoms with Crippen LogP contribution in [0.25, 0.3) is 10.6 Å². The molecule has 0 aliphatic rings. The van der Waals surface area contributed by atoms with Crippen LogP contribution in [0.4, 0.5) is 5.13 Å². The summed E-state index contributed by atoms with van der Waals surface area (Å²) in [5.74, 6) is 0. The van der Waals surface area contributed by atoms with Crippen LogP contribution in [-0.2, 0) is 6.42 Å². The minimum atomic E-state index is 0.982. The number of hydrogen-bond donors (Lipinski definition) is 1. The van der Waals surface area contributed by atoms with Crippen LogP contribution in [0, 0.1) is 0 Å². The monoisotopic (exact) mass is 253 g/mol. The molecule has 2 aromatic rings. The van der Waals surface area contributed by atoms with Crippen molar-refractivity contribution < 1.29 is 0 Å². The molecule has 0 amide bonds. The molecule has 0 spiro atoms. The summed E-state index contributed by atoms with van der Waals surface area (Å²) in [5, 5.41) is 7.56. The number of anilines is 1. The second-order valence-corrected chi connectivity index (χ2v) is 5.41. The average molecular weight is 253 g/mol. The summed E-state index contributed by atoms with van der Waals surface area (Å²) in [5.41, 5.74) is 1.04. The maximum atomic E-state index is 4.54. The second-order valence-electron chi connectivity index (χ2n) is 3.44. The number of aryl methyl sites for hydroxylation is 1. The van der Waals surface area contributed by atoms with Gasteiger partial charge >= 0.3 is 0 Å². The van der Waals surface area contributed by atoms with E-state index in [0.29, 0.717) is 0 Å². The van der Waals surface area contributed by atoms with Gasteiger partial charge in [0, 0.05) is 18.1 Å². The van der Waals surface area contributed by atoms with Gasteiger partial charge in [0.15, 0.2) is 5.13 Å². The van der Waals surface area contributed by atoms with E-state index in [1.54, 1.807) is 22.7 Å². The van der Waals surface area contributed by atoms with E-state index in [1.165, 1.54) is 5.01 Å². The molecule has 86 valence electrons. The summed E-state index contributed by atoms with van der Waals surface area (Å²) in [6.45, 7) is 5.26. The van der Waals surface area contributed by atoms with Crippen molar-refractivity contribution in [2.75, 3.05) is 11.9 Å². The predicted molar refractivity (Wildman–Crippen MR) is 71.4 cm³/mol. The Morgan fingerprint density at radius 1 is 1.38 bits per heavy atom. The molecule has 5 heteroatoms. The third-order valence-corrected chi connectivity index (χ3v) is 4.10. The number of rotatable bonds is 5. The number of aromatic nitrogens is 2. The van der Waals surface area contributed by atoms with Crippen LogP contribution in [0.3, 0.4) is 0 Å². The van der Waals surface area contributed by atoms with E-state index in [-0.39, 0.29) is 0 Å². The lowest BCUT2D eigenvalue weighted by Crippen LogP contribution is -1.98. The van der Waals surface area contributed by atoms with E-state index >= 15 is 0 Å². The molecule has 2 heterocycles. The molecular weight excluding hydrogens is 238 g/mol. The third kappa shape index (κ3) is 2.59. The lowest BCUT2D eigenvalue weighted by Gasteiger charge is -1.96. The highest BCUT2D eigenvalue weighted by atomic mass is 32.1. The van der Waals surface area contributed by atoms with Crippen molar-refractivity contribution >= 4 is 27.8 Å². The summed E-state index contributed by atoms with van der Waals surface area (Å²) in [4.78, 5) is 10.1. The van der Waals surface area contributed by atoms with Crippen LogP contribution in [0.15, 0.2) is 11.6 Å². The summed E-state index contributed by atoms with van der Waals surface area (Å²) >= 11 is 3.39. The van der Waals surface area contributed by atoms with E-state index in [2.05, 4.69) is 34.5 Å². The molecule has 0 bridgehead atoms. The molecule has 2 aromatic heterocycles. The molecule has 0 atom stereocenters. The minimum absolute atomic E-state index is 0.982. The maximum absolute atomic E-state index is 4.54. The van der Waals surface area contributed by atoms with Gasteiger partial charge in [0.25, 0.3) is 0 Å². The zero-order valence-corrected chi connectivity index (χ0v) is 11.1. The first kappa shape index (κ1) is 11.5. The Bertz CT molecular complexity index is 448. The SMILES string of the molecule is CCCNc1nc(-c2cnc(CC)s2)cs1. The first-order valence-electron chi connectivity index (χ1n) is 5.48. The van der Waals surface area contributed by atoms with Crippen LogP contribution in [0.5, 0.6) is 0 Å². The molecule has 0 aliphatic heterocycles. The van der Waals surface area contributed by atoms with Gasteiger partial charge < -0.3 is 5.32 Å². The van der Waals surface area contributed by atoms with E-state index in [0.717, 1.165) is 35.1 Å². The number of hydrogen-bond acceptors (Lipinski definition) is 5. The van der Waals surface area contributed by atoms with Gasteiger partial charge in [-0.05, 0) is 12.8 Å². The van der Waals surface area contributed by atoms with Crippen LogP contribution < -0.4 is 5.32 Å². The number of nitrogens with one attached hydrogen (secondary N) is 1. The predicted octanol–water partition coefficient (Wildman–Crippen LogP) is 3.65. The molecule has 0 radical (unpaired) electrons. The lowest BCUT2D eigenvalue weighted by atomic mass is 10.4. The zero-order chi connectivity index (χ0) is 11.4. The van der Waals surface area contributed by atoms with Crippen molar-refractivity contribution in [2.24, 2.45) is 0 Å². The standard InChI is InChI=1S/C11H15N3S2/c1-3-5-12-11-14-8(7-15-11)9-6-13-10(4-2)16-9/h6-7H,3-5H2,1-2H3,(H,12,14). The van der Waals surface area contributed by atoms with Crippen molar-refractivity contribution in [3.8, 4) is 10.6 Å². The summed E-state index contributed by atoms with van der Waals surface area (Å²) in [6.07, 6.45) is 4.04. The maximum Gasteiger partial charge on any atom is 0.183 e. The van der Waals surface area contributed by atoms with E-state index in [1.807, 2.05) is 6.20 Å². The Balaban J connectivity index is 2.11. The van der Waals surface area contributed by atoms with Crippen molar-refractivity contribution in [2.45, 2.75) is 26.7 Å². The zero-order valence-electron chi connectivity index (χ0n) is 9.49. The van der Waals surface area contributed by atoms with E-state index in [9.17, 15) is 0 Å². The molecule has 0 saturated carbocycles. The van der Waals surface area contributed by atoms with Gasteiger partial charge in [-0.1, -0.05) is 13.8 Å². The summed E-state index contributed by atoms with van der Waals surface area (Å²) in [6, 6.07) is 0. The van der Waals surface area contributed by atoms with Crippen molar-refractivity contribution in [3.63, 3.8) is 0 Å². The molecule has 0 fully saturated rings. The summed E-state index contributed by atoms with van der Waals surface area (Å²) < 4.78 is 0. The fraction of sp³-hybridized carbons (Fsp3) is 0.455. The smallest absolute Gasteiger partial charge is 0.183 e. The normalized spacial score (nSPS) is 10.6. The highest BCUT2D eigenvalue weighted by Gasteiger charge is 2.07. The topological polar surface area (TPSA) is 37.8 Å². The average Bonchev–Trinajstić information content (AvgIpc) is 2.94. The quantitative estimate of drug-likeness (QED) is 0.884. The molecule has 0 unspecified atom stereocenters. The fourth-order valence-electron chi connectivity index (χ4n) is 1.29. The largest absolute Gasteiger partial charge is 0.362 e. The highest BCUT2D eigenvalue weighted by molar-refractivity contribution is 7.16. The Morgan fingerprint density at radius 2 is 2.25 bits per heavy atom. The first-order chi connectivity index (χ1) is 7.83. The molecule has 2 rings (SSSR count). The molecule has 0 saturated heterocycles. The molecule has 1 N–H and O–H groups in total. The Labute approximate surface area is 104 Å². The molecule has 0 aliphatic carbocycles. The Morgan fingerprint density at radius 3 is 2.94 bits per heavy atom. The second kappa shape index (κ2) is 5.41. The minimum Gasteiger partial charge on any atom is -0.362 e. The fourth-order valence-corrected chi connectivity index (χ4v) is 2.92. The van der Waals surface area contributed by atoms with Gasteiger partial charge in [0.05, 0.1) is 15.6 Å². The summed E-state index contributed by atoms with van der Waals surface area (Å²) in [7, 11) is 0. The van der Waals surface area contributed by atoms with E-state index < -0.39 is 0 Å². The van der Waals surface area contributed by atoms with Gasteiger partial charge in [0.2, 0.25) is 0 Å². The highest BCUT2D eigenvalue weighted by Crippen LogP contribution is 2.29. The van der Waals surface area contributed by atoms with Crippen LogP contribution in [0.2, 0.25) is 0 Å². The van der Waals surface area contributed by atoms with E-state index in [4.69, 9.17) is 0 Å². The van der Waals surface area contributed by atoms with Crippen LogP contribution in [-0.4, -0.2) is 16.5 Å². The van der Waals surface area contributed by atoms with Crippen LogP contribution in [0.1, 0.15) is 25.3 Å². The van der Waals surface area contributed by atoms with Gasteiger partial charge in [-0.2, -0.15) is 0 Å². The molecule has 3 nitrogen and oxygen atoms in total. The number of nitrogens with zero attached hydrogens (tertiary/aromatic N) is 2. The Hall–Kier alpha value is -0.940. The lowest BCUT2D eigenvalue weighted by molar-refractivity contribution is 0.976. The van der Waals surface area contributed by atoms with Gasteiger partial charge in [-0.25, -0.2) is 9.97 Å². The van der Waals surface area contributed by atoms with Crippen molar-refractivity contribution in [3.05, 3.63) is 16.6 Å². The van der Waals surface area contributed by atoms with Crippen molar-refractivity contribution in [1.82, 2.24) is 9.97 Å². The molecule has 16 heavy (non-hydrogen) atoms. The van der Waals surface area contributed by atoms with Crippen LogP contribution >= 0.6 is 22.7 Å². The van der Waals surface area contributed by atoms with Gasteiger partial charge in [-0.3, -0.25) is 0 Å².